The van der Waals surface area contributed by atoms with Crippen LogP contribution in [0.1, 0.15) is 47.8 Å². The van der Waals surface area contributed by atoms with Crippen LogP contribution in [0, 0.1) is 0 Å². The molecule has 0 bridgehead atoms. The molecule has 1 aliphatic heterocycles. The van der Waals surface area contributed by atoms with Gasteiger partial charge in [-0.05, 0) is 111 Å². The maximum Gasteiger partial charge on any atom is 0.147 e. The number of halogens is 2. The van der Waals surface area contributed by atoms with Crippen molar-refractivity contribution in [3.8, 4) is 0 Å². The lowest BCUT2D eigenvalue weighted by Crippen LogP contribution is -2.43. The molecular weight excluding hydrogens is 654 g/mol. The van der Waals surface area contributed by atoms with E-state index in [1.54, 1.807) is 0 Å². The summed E-state index contributed by atoms with van der Waals surface area (Å²) in [6.07, 6.45) is 2.00. The standard InChI is InChI=1S/C28H28I2O4/c1-27(2,18-31)34-28(22-9-5-3-6-10-22,23-11-7-4-8-12-23)24-14-20(15-26(29)30)13-21(16-24)25-17-32-19-33-25/h3-16,25,31H,17-19H2,1-2H3/t25-/m0/s1. The Balaban J connectivity index is 2.05. The zero-order chi connectivity index (χ0) is 24.2. The third-order valence-corrected chi connectivity index (χ3v) is 6.45. The monoisotopic (exact) mass is 682 g/mol. The molecule has 0 saturated carbocycles. The van der Waals surface area contributed by atoms with E-state index in [2.05, 4.69) is 93.7 Å². The summed E-state index contributed by atoms with van der Waals surface area (Å²) < 4.78 is 19.5. The number of aliphatic hydroxyl groups excluding tert-OH is 1. The molecule has 178 valence electrons. The van der Waals surface area contributed by atoms with Gasteiger partial charge in [-0.15, -0.1) is 0 Å². The maximum atomic E-state index is 10.2. The molecule has 1 atom stereocenters. The summed E-state index contributed by atoms with van der Waals surface area (Å²) in [6.45, 7) is 4.52. The van der Waals surface area contributed by atoms with Crippen LogP contribution in [0.2, 0.25) is 0 Å². The van der Waals surface area contributed by atoms with Crippen LogP contribution in [0.25, 0.3) is 6.08 Å². The van der Waals surface area contributed by atoms with Gasteiger partial charge in [0.15, 0.2) is 0 Å². The molecule has 6 heteroatoms. The smallest absolute Gasteiger partial charge is 0.147 e. The molecule has 1 N–H and O–H groups in total. The third-order valence-electron chi connectivity index (χ3n) is 5.82. The highest BCUT2D eigenvalue weighted by molar-refractivity contribution is 14.2. The first-order valence-electron chi connectivity index (χ1n) is 11.1. The van der Waals surface area contributed by atoms with E-state index in [-0.39, 0.29) is 12.7 Å². The van der Waals surface area contributed by atoms with Gasteiger partial charge in [-0.3, -0.25) is 0 Å². The molecule has 0 spiro atoms. The largest absolute Gasteiger partial charge is 0.393 e. The number of hydrogen-bond donors (Lipinski definition) is 1. The predicted octanol–water partition coefficient (Wildman–Crippen LogP) is 6.98. The first-order valence-corrected chi connectivity index (χ1v) is 13.3. The first-order chi connectivity index (χ1) is 16.3. The van der Waals surface area contributed by atoms with Crippen molar-refractivity contribution in [2.45, 2.75) is 31.2 Å². The predicted molar refractivity (Wildman–Crippen MR) is 152 cm³/mol. The Morgan fingerprint density at radius 1 is 0.971 bits per heavy atom. The molecule has 0 aromatic heterocycles. The molecule has 1 saturated heterocycles. The third kappa shape index (κ3) is 5.74. The molecular formula is C28H28I2O4. The lowest BCUT2D eigenvalue weighted by Gasteiger charge is -2.42. The van der Waals surface area contributed by atoms with Gasteiger partial charge >= 0.3 is 0 Å². The minimum atomic E-state index is -0.955. The summed E-state index contributed by atoms with van der Waals surface area (Å²) in [5, 5.41) is 10.2. The number of ether oxygens (including phenoxy) is 3. The number of benzene rings is 3. The fourth-order valence-corrected chi connectivity index (χ4v) is 4.99. The van der Waals surface area contributed by atoms with E-state index >= 15 is 0 Å². The second kappa shape index (κ2) is 11.2. The summed E-state index contributed by atoms with van der Waals surface area (Å²) in [7, 11) is 0. The summed E-state index contributed by atoms with van der Waals surface area (Å²) >= 11 is 4.63. The summed E-state index contributed by atoms with van der Waals surface area (Å²) in [4.78, 5) is 0. The normalized spacial score (nSPS) is 16.4. The van der Waals surface area contributed by atoms with Crippen molar-refractivity contribution in [1.29, 1.82) is 0 Å². The van der Waals surface area contributed by atoms with E-state index in [9.17, 15) is 5.11 Å². The van der Waals surface area contributed by atoms with Crippen molar-refractivity contribution in [3.63, 3.8) is 0 Å². The maximum absolute atomic E-state index is 10.2. The van der Waals surface area contributed by atoms with Crippen LogP contribution in [0.3, 0.4) is 0 Å². The minimum absolute atomic E-state index is 0.119. The van der Waals surface area contributed by atoms with Crippen LogP contribution in [0.4, 0.5) is 0 Å². The molecule has 3 aromatic carbocycles. The van der Waals surface area contributed by atoms with Crippen LogP contribution in [-0.2, 0) is 19.8 Å². The second-order valence-corrected chi connectivity index (χ2v) is 13.3. The van der Waals surface area contributed by atoms with E-state index in [0.29, 0.717) is 13.4 Å². The molecule has 34 heavy (non-hydrogen) atoms. The fourth-order valence-electron chi connectivity index (χ4n) is 4.27. The molecule has 1 aliphatic rings. The minimum Gasteiger partial charge on any atom is -0.393 e. The van der Waals surface area contributed by atoms with Crippen LogP contribution in [-0.4, -0.2) is 30.7 Å². The SMILES string of the molecule is CC(C)(CO)OC(c1ccccc1)(c1ccccc1)c1cc(C=C(I)I)cc([C@@H]2COCO2)c1. The Labute approximate surface area is 228 Å². The molecule has 0 radical (unpaired) electrons. The zero-order valence-corrected chi connectivity index (χ0v) is 23.5. The van der Waals surface area contributed by atoms with Gasteiger partial charge in [-0.25, -0.2) is 0 Å². The van der Waals surface area contributed by atoms with Gasteiger partial charge in [0.25, 0.3) is 0 Å². The van der Waals surface area contributed by atoms with Crippen LogP contribution < -0.4 is 0 Å². The van der Waals surface area contributed by atoms with E-state index in [1.807, 2.05) is 50.2 Å². The fraction of sp³-hybridized carbons (Fsp3) is 0.286. The lowest BCUT2D eigenvalue weighted by atomic mass is 9.78. The van der Waals surface area contributed by atoms with Gasteiger partial charge in [0.1, 0.15) is 18.5 Å². The summed E-state index contributed by atoms with van der Waals surface area (Å²) in [5.41, 5.74) is 3.29. The highest BCUT2D eigenvalue weighted by Gasteiger charge is 2.42. The van der Waals surface area contributed by atoms with Crippen molar-refractivity contribution in [1.82, 2.24) is 0 Å². The molecule has 1 fully saturated rings. The summed E-state index contributed by atoms with van der Waals surface area (Å²) in [6, 6.07) is 26.9. The van der Waals surface area contributed by atoms with Crippen molar-refractivity contribution >= 4 is 51.3 Å². The number of hydrogen-bond acceptors (Lipinski definition) is 4. The number of rotatable bonds is 8. The van der Waals surface area contributed by atoms with Gasteiger partial charge in [-0.1, -0.05) is 60.7 Å². The second-order valence-electron chi connectivity index (χ2n) is 8.90. The highest BCUT2D eigenvalue weighted by Crippen LogP contribution is 2.45. The molecule has 0 aliphatic carbocycles. The van der Waals surface area contributed by atoms with Crippen LogP contribution in [0.5, 0.6) is 0 Å². The summed E-state index contributed by atoms with van der Waals surface area (Å²) in [5.74, 6) is 0. The van der Waals surface area contributed by atoms with Gasteiger partial charge in [-0.2, -0.15) is 0 Å². The van der Waals surface area contributed by atoms with E-state index in [4.69, 9.17) is 14.2 Å². The lowest BCUT2D eigenvalue weighted by molar-refractivity contribution is -0.124. The van der Waals surface area contributed by atoms with Crippen molar-refractivity contribution < 1.29 is 19.3 Å². The topological polar surface area (TPSA) is 47.9 Å². The van der Waals surface area contributed by atoms with Gasteiger partial charge in [0.05, 0.1) is 20.4 Å². The Hall–Kier alpha value is -1.30. The van der Waals surface area contributed by atoms with Crippen molar-refractivity contribution in [3.05, 3.63) is 108 Å². The Kier molecular flexibility index (Phi) is 8.48. The Morgan fingerprint density at radius 2 is 1.59 bits per heavy atom. The van der Waals surface area contributed by atoms with Gasteiger partial charge < -0.3 is 19.3 Å². The molecule has 4 nitrogen and oxygen atoms in total. The Bertz CT molecular complexity index is 1080. The molecule has 0 unspecified atom stereocenters. The van der Waals surface area contributed by atoms with E-state index in [1.165, 1.54) is 0 Å². The Morgan fingerprint density at radius 3 is 2.09 bits per heavy atom. The zero-order valence-electron chi connectivity index (χ0n) is 19.2. The number of aliphatic hydroxyl groups is 1. The highest BCUT2D eigenvalue weighted by atomic mass is 127. The van der Waals surface area contributed by atoms with Gasteiger partial charge in [0.2, 0.25) is 0 Å². The average molecular weight is 682 g/mol. The van der Waals surface area contributed by atoms with Crippen molar-refractivity contribution in [2.24, 2.45) is 0 Å². The van der Waals surface area contributed by atoms with E-state index in [0.717, 1.165) is 29.4 Å². The van der Waals surface area contributed by atoms with Gasteiger partial charge in [0, 0.05) is 0 Å². The first kappa shape index (κ1) is 25.8. The average Bonchev–Trinajstić information content (AvgIpc) is 3.38. The molecule has 4 rings (SSSR count). The van der Waals surface area contributed by atoms with Crippen LogP contribution >= 0.6 is 45.2 Å². The van der Waals surface area contributed by atoms with E-state index < -0.39 is 11.2 Å². The molecule has 0 amide bonds. The molecule has 1 heterocycles. The molecule has 3 aromatic rings. The quantitative estimate of drug-likeness (QED) is 0.206. The van der Waals surface area contributed by atoms with Crippen LogP contribution in [0.15, 0.2) is 80.4 Å². The van der Waals surface area contributed by atoms with Crippen molar-refractivity contribution in [2.75, 3.05) is 20.0 Å².